The maximum Gasteiger partial charge on any atom is 0.194 e. The molecule has 1 atom stereocenters. The molecule has 0 heterocycles. The van der Waals surface area contributed by atoms with E-state index in [1.165, 1.54) is 38.5 Å². The van der Waals surface area contributed by atoms with Crippen molar-refractivity contribution in [2.24, 2.45) is 0 Å². The summed E-state index contributed by atoms with van der Waals surface area (Å²) in [6.45, 7) is 12.3. The van der Waals surface area contributed by atoms with Crippen molar-refractivity contribution in [3.8, 4) is 0 Å². The van der Waals surface area contributed by atoms with Gasteiger partial charge in [0.25, 0.3) is 0 Å². The summed E-state index contributed by atoms with van der Waals surface area (Å²) in [5.74, 6) is -0.660. The Morgan fingerprint density at radius 1 is 0.625 bits per heavy atom. The van der Waals surface area contributed by atoms with Gasteiger partial charge in [-0.2, -0.15) is 0 Å². The third-order valence-electron chi connectivity index (χ3n) is 4.97. The Morgan fingerprint density at radius 2 is 1.17 bits per heavy atom. The molecule has 0 aromatic heterocycles. The molecule has 3 heteroatoms. The highest BCUT2D eigenvalue weighted by Gasteiger charge is 2.49. The van der Waals surface area contributed by atoms with Crippen molar-refractivity contribution in [3.63, 3.8) is 0 Å². The van der Waals surface area contributed by atoms with Crippen LogP contribution in [0.5, 0.6) is 0 Å². The molecular formula is C21H44O3. The Morgan fingerprint density at radius 3 is 1.62 bits per heavy atom. The van der Waals surface area contributed by atoms with Crippen molar-refractivity contribution in [3.05, 3.63) is 0 Å². The van der Waals surface area contributed by atoms with Gasteiger partial charge in [0.15, 0.2) is 5.79 Å². The SMILES string of the molecule is CCCCCCCCC(CCC)(OC)C(C)(OCCC)OCCC. The first-order valence-corrected chi connectivity index (χ1v) is 10.4. The Labute approximate surface area is 151 Å². The van der Waals surface area contributed by atoms with Crippen molar-refractivity contribution in [2.45, 2.75) is 117 Å². The van der Waals surface area contributed by atoms with Crippen molar-refractivity contribution < 1.29 is 14.2 Å². The Hall–Kier alpha value is -0.120. The van der Waals surface area contributed by atoms with Crippen LogP contribution in [0.3, 0.4) is 0 Å². The molecule has 0 saturated carbocycles. The number of hydrogen-bond acceptors (Lipinski definition) is 3. The minimum atomic E-state index is -0.660. The zero-order valence-electron chi connectivity index (χ0n) is 17.4. The van der Waals surface area contributed by atoms with Crippen LogP contribution in [0.4, 0.5) is 0 Å². The lowest BCUT2D eigenvalue weighted by molar-refractivity contribution is -0.322. The van der Waals surface area contributed by atoms with Crippen LogP contribution in [0.1, 0.15) is 105 Å². The maximum absolute atomic E-state index is 6.24. The van der Waals surface area contributed by atoms with Crippen molar-refractivity contribution in [1.29, 1.82) is 0 Å². The number of unbranched alkanes of at least 4 members (excludes halogenated alkanes) is 5. The molecule has 0 fully saturated rings. The lowest BCUT2D eigenvalue weighted by Crippen LogP contribution is -2.57. The van der Waals surface area contributed by atoms with Crippen molar-refractivity contribution in [1.82, 2.24) is 0 Å². The second kappa shape index (κ2) is 14.1. The van der Waals surface area contributed by atoms with Gasteiger partial charge < -0.3 is 14.2 Å². The van der Waals surface area contributed by atoms with Gasteiger partial charge in [-0.3, -0.25) is 0 Å². The summed E-state index contributed by atoms with van der Waals surface area (Å²) >= 11 is 0. The largest absolute Gasteiger partial charge is 0.373 e. The third-order valence-corrected chi connectivity index (χ3v) is 4.97. The minimum absolute atomic E-state index is 0.350. The fraction of sp³-hybridized carbons (Fsp3) is 1.00. The third kappa shape index (κ3) is 7.84. The highest BCUT2D eigenvalue weighted by atomic mass is 16.7. The van der Waals surface area contributed by atoms with Crippen molar-refractivity contribution >= 4 is 0 Å². The summed E-state index contributed by atoms with van der Waals surface area (Å²) in [7, 11) is 1.83. The van der Waals surface area contributed by atoms with Crippen LogP contribution in [-0.2, 0) is 14.2 Å². The maximum atomic E-state index is 6.24. The molecule has 0 radical (unpaired) electrons. The first-order chi connectivity index (χ1) is 11.6. The van der Waals surface area contributed by atoms with Crippen LogP contribution in [-0.4, -0.2) is 31.7 Å². The first kappa shape index (κ1) is 23.9. The first-order valence-electron chi connectivity index (χ1n) is 10.4. The van der Waals surface area contributed by atoms with Crippen LogP contribution in [0.15, 0.2) is 0 Å². The molecule has 0 aromatic carbocycles. The van der Waals surface area contributed by atoms with Gasteiger partial charge in [0.2, 0.25) is 0 Å². The van der Waals surface area contributed by atoms with Gasteiger partial charge in [-0.15, -0.1) is 0 Å². The molecule has 0 rings (SSSR count). The molecule has 0 amide bonds. The molecule has 146 valence electrons. The summed E-state index contributed by atoms with van der Waals surface area (Å²) in [6.07, 6.45) is 12.8. The quantitative estimate of drug-likeness (QED) is 0.223. The van der Waals surface area contributed by atoms with E-state index in [2.05, 4.69) is 34.6 Å². The van der Waals surface area contributed by atoms with E-state index in [0.29, 0.717) is 13.2 Å². The van der Waals surface area contributed by atoms with Gasteiger partial charge >= 0.3 is 0 Å². The molecule has 0 spiro atoms. The highest BCUT2D eigenvalue weighted by molar-refractivity contribution is 4.94. The van der Waals surface area contributed by atoms with Crippen molar-refractivity contribution in [2.75, 3.05) is 20.3 Å². The van der Waals surface area contributed by atoms with Gasteiger partial charge in [0, 0.05) is 20.3 Å². The fourth-order valence-electron chi connectivity index (χ4n) is 3.46. The summed E-state index contributed by atoms with van der Waals surface area (Å²) in [4.78, 5) is 0. The van der Waals surface area contributed by atoms with E-state index in [-0.39, 0.29) is 5.60 Å². The van der Waals surface area contributed by atoms with Gasteiger partial charge in [0.05, 0.1) is 0 Å². The fourth-order valence-corrected chi connectivity index (χ4v) is 3.46. The van der Waals surface area contributed by atoms with Gasteiger partial charge in [-0.25, -0.2) is 0 Å². The lowest BCUT2D eigenvalue weighted by atomic mass is 9.83. The van der Waals surface area contributed by atoms with E-state index < -0.39 is 5.79 Å². The summed E-state index contributed by atoms with van der Waals surface area (Å²) < 4.78 is 18.6. The summed E-state index contributed by atoms with van der Waals surface area (Å²) in [6, 6.07) is 0. The highest BCUT2D eigenvalue weighted by Crippen LogP contribution is 2.39. The zero-order chi connectivity index (χ0) is 18.3. The molecule has 3 nitrogen and oxygen atoms in total. The number of rotatable bonds is 17. The van der Waals surface area contributed by atoms with E-state index in [1.54, 1.807) is 0 Å². The number of hydrogen-bond donors (Lipinski definition) is 0. The summed E-state index contributed by atoms with van der Waals surface area (Å²) in [5, 5.41) is 0. The molecule has 0 aromatic rings. The second-order valence-electron chi connectivity index (χ2n) is 7.11. The average molecular weight is 345 g/mol. The van der Waals surface area contributed by atoms with Gasteiger partial charge in [0.1, 0.15) is 5.60 Å². The Kier molecular flexibility index (Phi) is 14.0. The average Bonchev–Trinajstić information content (AvgIpc) is 2.60. The zero-order valence-corrected chi connectivity index (χ0v) is 17.4. The smallest absolute Gasteiger partial charge is 0.194 e. The molecule has 24 heavy (non-hydrogen) atoms. The van der Waals surface area contributed by atoms with E-state index in [9.17, 15) is 0 Å². The van der Waals surface area contributed by atoms with Crippen LogP contribution in [0.25, 0.3) is 0 Å². The van der Waals surface area contributed by atoms with E-state index in [4.69, 9.17) is 14.2 Å². The minimum Gasteiger partial charge on any atom is -0.373 e. The lowest BCUT2D eigenvalue weighted by Gasteiger charge is -2.47. The molecule has 0 bridgehead atoms. The monoisotopic (exact) mass is 344 g/mol. The number of ether oxygens (including phenoxy) is 3. The molecule has 0 aliphatic rings. The molecular weight excluding hydrogens is 300 g/mol. The Balaban J connectivity index is 4.95. The predicted molar refractivity (Wildman–Crippen MR) is 104 cm³/mol. The number of methoxy groups -OCH3 is 1. The normalized spacial score (nSPS) is 14.8. The predicted octanol–water partition coefficient (Wildman–Crippen LogP) is 6.49. The van der Waals surface area contributed by atoms with Gasteiger partial charge in [-0.1, -0.05) is 72.6 Å². The van der Waals surface area contributed by atoms with Crippen LogP contribution in [0.2, 0.25) is 0 Å². The topological polar surface area (TPSA) is 27.7 Å². The van der Waals surface area contributed by atoms with Crippen LogP contribution < -0.4 is 0 Å². The van der Waals surface area contributed by atoms with E-state index >= 15 is 0 Å². The van der Waals surface area contributed by atoms with E-state index in [1.807, 2.05) is 7.11 Å². The molecule has 1 unspecified atom stereocenters. The van der Waals surface area contributed by atoms with Gasteiger partial charge in [-0.05, 0) is 32.6 Å². The summed E-state index contributed by atoms with van der Waals surface area (Å²) in [5.41, 5.74) is -0.350. The molecule has 0 N–H and O–H groups in total. The molecule has 0 aliphatic heterocycles. The van der Waals surface area contributed by atoms with Crippen LogP contribution in [0, 0.1) is 0 Å². The van der Waals surface area contributed by atoms with Crippen LogP contribution >= 0.6 is 0 Å². The van der Waals surface area contributed by atoms with E-state index in [0.717, 1.165) is 32.1 Å². The molecule has 0 saturated heterocycles. The Bertz CT molecular complexity index is 272. The standard InChI is InChI=1S/C21H44O3/c1-7-11-12-13-14-15-17-21(22-6,16-8-2)20(5,23-18-9-3)24-19-10-4/h7-19H2,1-6H3. The second-order valence-corrected chi connectivity index (χ2v) is 7.11. The molecule has 0 aliphatic carbocycles.